The summed E-state index contributed by atoms with van der Waals surface area (Å²) in [7, 11) is 3.38. The molecule has 1 aliphatic heterocycles. The Morgan fingerprint density at radius 2 is 1.64 bits per heavy atom. The highest BCUT2D eigenvalue weighted by atomic mass is 16.5. The molecule has 4 rings (SSSR count). The lowest BCUT2D eigenvalue weighted by Crippen LogP contribution is -2.40. The number of carbonyl (C=O) groups is 1. The third-order valence-electron chi connectivity index (χ3n) is 6.92. The van der Waals surface area contributed by atoms with Crippen LogP contribution in [0.1, 0.15) is 57.1 Å². The van der Waals surface area contributed by atoms with Gasteiger partial charge in [-0.1, -0.05) is 19.8 Å². The summed E-state index contributed by atoms with van der Waals surface area (Å²) in [6.45, 7) is 6.08. The quantitative estimate of drug-likeness (QED) is 0.402. The first kappa shape index (κ1) is 23.2. The summed E-state index contributed by atoms with van der Waals surface area (Å²) in [6, 6.07) is 14.2. The zero-order valence-corrected chi connectivity index (χ0v) is 20.4. The van der Waals surface area contributed by atoms with E-state index in [1.165, 1.54) is 12.0 Å². The summed E-state index contributed by atoms with van der Waals surface area (Å²) in [5.74, 6) is 1.91. The molecule has 3 aromatic rings. The van der Waals surface area contributed by atoms with E-state index in [1.54, 1.807) is 14.2 Å². The molecule has 1 atom stereocenters. The molecule has 2 heterocycles. The van der Waals surface area contributed by atoms with Crippen molar-refractivity contribution in [2.45, 2.75) is 58.4 Å². The van der Waals surface area contributed by atoms with Crippen LogP contribution in [0, 0.1) is 6.92 Å². The van der Waals surface area contributed by atoms with Crippen LogP contribution >= 0.6 is 0 Å². The third-order valence-corrected chi connectivity index (χ3v) is 6.92. The molecule has 0 spiro atoms. The van der Waals surface area contributed by atoms with Crippen molar-refractivity contribution in [3.8, 4) is 22.8 Å². The Morgan fingerprint density at radius 3 is 2.27 bits per heavy atom. The van der Waals surface area contributed by atoms with Gasteiger partial charge in [-0.15, -0.1) is 0 Å². The van der Waals surface area contributed by atoms with Gasteiger partial charge in [-0.25, -0.2) is 0 Å². The molecule has 176 valence electrons. The Bertz CT molecular complexity index is 1090. The van der Waals surface area contributed by atoms with Gasteiger partial charge in [-0.3, -0.25) is 4.79 Å². The fraction of sp³-hybridized carbons (Fsp3) is 0.464. The van der Waals surface area contributed by atoms with Gasteiger partial charge in [0.05, 0.1) is 19.9 Å². The Labute approximate surface area is 197 Å². The van der Waals surface area contributed by atoms with E-state index in [9.17, 15) is 4.79 Å². The van der Waals surface area contributed by atoms with Gasteiger partial charge < -0.3 is 18.9 Å². The monoisotopic (exact) mass is 448 g/mol. The number of aryl methyl sites for hydroxylation is 1. The topological polar surface area (TPSA) is 43.7 Å². The minimum atomic E-state index is -0.218. The summed E-state index contributed by atoms with van der Waals surface area (Å²) in [4.78, 5) is 16.0. The first-order valence-corrected chi connectivity index (χ1v) is 12.2. The van der Waals surface area contributed by atoms with E-state index in [0.717, 1.165) is 78.9 Å². The average molecular weight is 449 g/mol. The average Bonchev–Trinajstić information content (AvgIpc) is 3.16. The summed E-state index contributed by atoms with van der Waals surface area (Å²) in [6.07, 6.45) is 6.32. The van der Waals surface area contributed by atoms with E-state index in [2.05, 4.69) is 47.6 Å². The van der Waals surface area contributed by atoms with Crippen molar-refractivity contribution < 1.29 is 14.3 Å². The van der Waals surface area contributed by atoms with E-state index in [1.807, 2.05) is 18.2 Å². The summed E-state index contributed by atoms with van der Waals surface area (Å²) >= 11 is 0. The lowest BCUT2D eigenvalue weighted by atomic mass is 10.0. The van der Waals surface area contributed by atoms with E-state index in [4.69, 9.17) is 9.47 Å². The van der Waals surface area contributed by atoms with Gasteiger partial charge in [0.1, 0.15) is 17.5 Å². The number of carbonyl (C=O) groups excluding carboxylic acids is 1. The van der Waals surface area contributed by atoms with E-state index < -0.39 is 0 Å². The second kappa shape index (κ2) is 10.3. The highest BCUT2D eigenvalue weighted by molar-refractivity contribution is 5.95. The largest absolute Gasteiger partial charge is 0.497 e. The maximum atomic E-state index is 13.9. The van der Waals surface area contributed by atoms with Gasteiger partial charge in [0.2, 0.25) is 5.91 Å². The molecular weight excluding hydrogens is 412 g/mol. The number of hydrogen-bond donors (Lipinski definition) is 0. The van der Waals surface area contributed by atoms with Crippen LogP contribution in [-0.2, 0) is 4.79 Å². The highest BCUT2D eigenvalue weighted by Crippen LogP contribution is 2.40. The second-order valence-corrected chi connectivity index (χ2v) is 9.00. The van der Waals surface area contributed by atoms with Crippen molar-refractivity contribution in [1.82, 2.24) is 9.47 Å². The van der Waals surface area contributed by atoms with Crippen LogP contribution in [0.4, 0.5) is 0 Å². The highest BCUT2D eigenvalue weighted by Gasteiger charge is 2.31. The van der Waals surface area contributed by atoms with Crippen LogP contribution in [0.25, 0.3) is 22.2 Å². The number of amides is 1. The minimum absolute atomic E-state index is 0.218. The van der Waals surface area contributed by atoms with Crippen LogP contribution in [-0.4, -0.2) is 42.7 Å². The summed E-state index contributed by atoms with van der Waals surface area (Å²) in [5, 5.41) is 1.13. The number of likely N-dealkylation sites (tertiary alicyclic amines) is 1. The van der Waals surface area contributed by atoms with Gasteiger partial charge in [-0.2, -0.15) is 0 Å². The summed E-state index contributed by atoms with van der Waals surface area (Å²) in [5.41, 5.74) is 4.45. The molecule has 0 saturated carbocycles. The first-order chi connectivity index (χ1) is 16.1. The van der Waals surface area contributed by atoms with Crippen LogP contribution in [0.3, 0.4) is 0 Å². The van der Waals surface area contributed by atoms with Crippen molar-refractivity contribution in [2.75, 3.05) is 27.3 Å². The molecule has 1 amide bonds. The zero-order valence-electron chi connectivity index (χ0n) is 20.4. The lowest BCUT2D eigenvalue weighted by Gasteiger charge is -2.32. The number of ether oxygens (including phenoxy) is 2. The van der Waals surface area contributed by atoms with Gasteiger partial charge in [0.25, 0.3) is 0 Å². The van der Waals surface area contributed by atoms with Crippen molar-refractivity contribution in [3.05, 3.63) is 48.0 Å². The number of methoxy groups -OCH3 is 2. The minimum Gasteiger partial charge on any atom is -0.497 e. The number of piperidine rings is 1. The molecular formula is C28H36N2O3. The fourth-order valence-corrected chi connectivity index (χ4v) is 5.09. The van der Waals surface area contributed by atoms with Crippen molar-refractivity contribution in [1.29, 1.82) is 0 Å². The molecule has 1 aromatic heterocycles. The number of aromatic nitrogens is 1. The Morgan fingerprint density at radius 1 is 0.970 bits per heavy atom. The molecule has 5 nitrogen and oxygen atoms in total. The molecule has 5 heteroatoms. The molecule has 1 saturated heterocycles. The predicted octanol–water partition coefficient (Wildman–Crippen LogP) is 6.38. The van der Waals surface area contributed by atoms with Crippen LogP contribution < -0.4 is 9.47 Å². The molecule has 0 aliphatic carbocycles. The van der Waals surface area contributed by atoms with Crippen LogP contribution in [0.15, 0.2) is 42.5 Å². The molecule has 1 fully saturated rings. The molecule has 33 heavy (non-hydrogen) atoms. The normalized spacial score (nSPS) is 15.0. The molecule has 1 unspecified atom stereocenters. The lowest BCUT2D eigenvalue weighted by molar-refractivity contribution is -0.135. The summed E-state index contributed by atoms with van der Waals surface area (Å²) < 4.78 is 13.2. The van der Waals surface area contributed by atoms with Crippen molar-refractivity contribution in [3.63, 3.8) is 0 Å². The SMILES string of the molecule is CCCCC(C(=O)N1CCCCC1)n1c(-c2ccc(OC)cc2)c(C)c2cc(OC)ccc21. The maximum Gasteiger partial charge on any atom is 0.245 e. The Kier molecular flexibility index (Phi) is 7.26. The Hall–Kier alpha value is -2.95. The van der Waals surface area contributed by atoms with Gasteiger partial charge in [-0.05, 0) is 86.2 Å². The number of hydrogen-bond acceptors (Lipinski definition) is 3. The third kappa shape index (κ3) is 4.59. The molecule has 0 radical (unpaired) electrons. The number of nitrogens with zero attached hydrogens (tertiary/aromatic N) is 2. The van der Waals surface area contributed by atoms with Crippen molar-refractivity contribution >= 4 is 16.8 Å². The smallest absolute Gasteiger partial charge is 0.245 e. The number of benzene rings is 2. The molecule has 1 aliphatic rings. The fourth-order valence-electron chi connectivity index (χ4n) is 5.09. The molecule has 0 bridgehead atoms. The molecule has 0 N–H and O–H groups in total. The van der Waals surface area contributed by atoms with Gasteiger partial charge in [0.15, 0.2) is 0 Å². The first-order valence-electron chi connectivity index (χ1n) is 12.2. The van der Waals surface area contributed by atoms with E-state index in [-0.39, 0.29) is 11.9 Å². The van der Waals surface area contributed by atoms with E-state index >= 15 is 0 Å². The van der Waals surface area contributed by atoms with E-state index in [0.29, 0.717) is 0 Å². The molecule has 2 aromatic carbocycles. The number of rotatable bonds is 8. The predicted molar refractivity (Wildman–Crippen MR) is 134 cm³/mol. The number of fused-ring (bicyclic) bond motifs is 1. The zero-order chi connectivity index (χ0) is 23.4. The van der Waals surface area contributed by atoms with Gasteiger partial charge in [0, 0.05) is 24.0 Å². The van der Waals surface area contributed by atoms with Crippen molar-refractivity contribution in [2.24, 2.45) is 0 Å². The van der Waals surface area contributed by atoms with Crippen LogP contribution in [0.5, 0.6) is 11.5 Å². The second-order valence-electron chi connectivity index (χ2n) is 9.00. The van der Waals surface area contributed by atoms with Gasteiger partial charge >= 0.3 is 0 Å². The standard InChI is InChI=1S/C28H36N2O3/c1-5-6-10-26(28(31)29-17-8-7-9-18-29)30-25-16-15-23(33-4)19-24(25)20(2)27(30)21-11-13-22(32-3)14-12-21/h11-16,19,26H,5-10,17-18H2,1-4H3. The maximum absolute atomic E-state index is 13.9. The number of unbranched alkanes of at least 4 members (excludes halogenated alkanes) is 1. The Balaban J connectivity index is 1.91. The van der Waals surface area contributed by atoms with Crippen LogP contribution in [0.2, 0.25) is 0 Å².